The molecule has 0 aliphatic rings. The zero-order valence-corrected chi connectivity index (χ0v) is 10.4. The van der Waals surface area contributed by atoms with Gasteiger partial charge in [-0.2, -0.15) is 4.98 Å². The highest BCUT2D eigenvalue weighted by Crippen LogP contribution is 2.31. The lowest BCUT2D eigenvalue weighted by molar-refractivity contribution is 0.0948. The number of rotatable bonds is 3. The van der Waals surface area contributed by atoms with Crippen molar-refractivity contribution in [1.82, 2.24) is 15.3 Å². The van der Waals surface area contributed by atoms with Gasteiger partial charge >= 0.3 is 5.69 Å². The van der Waals surface area contributed by atoms with E-state index in [4.69, 9.17) is 10.8 Å². The molecule has 0 saturated carbocycles. The molecule has 2 aromatic heterocycles. The number of aliphatic hydroxyl groups excluding tert-OH is 1. The minimum absolute atomic E-state index is 0.130. The van der Waals surface area contributed by atoms with E-state index in [1.807, 2.05) is 0 Å². The number of nitrogens with zero attached hydrogens (tertiary/aromatic N) is 1. The van der Waals surface area contributed by atoms with E-state index in [-0.39, 0.29) is 24.9 Å². The monoisotopic (exact) mass is 268 g/mol. The second-order valence-corrected chi connectivity index (χ2v) is 4.67. The molecule has 5 N–H and O–H groups in total. The maximum atomic E-state index is 11.8. The van der Waals surface area contributed by atoms with Crippen LogP contribution in [0.4, 0.5) is 5.82 Å². The summed E-state index contributed by atoms with van der Waals surface area (Å²) in [5.74, 6) is -0.101. The van der Waals surface area contributed by atoms with Crippen molar-refractivity contribution in [2.45, 2.75) is 6.92 Å². The number of hydrogen-bond donors (Lipinski definition) is 4. The van der Waals surface area contributed by atoms with Crippen molar-refractivity contribution in [2.75, 3.05) is 18.9 Å². The maximum absolute atomic E-state index is 11.8. The summed E-state index contributed by atoms with van der Waals surface area (Å²) in [6.07, 6.45) is 0. The van der Waals surface area contributed by atoms with Crippen molar-refractivity contribution in [1.29, 1.82) is 0 Å². The summed E-state index contributed by atoms with van der Waals surface area (Å²) in [6.45, 7) is 1.78. The van der Waals surface area contributed by atoms with Crippen LogP contribution < -0.4 is 16.7 Å². The van der Waals surface area contributed by atoms with Crippen molar-refractivity contribution < 1.29 is 9.90 Å². The minimum atomic E-state index is -0.538. The highest BCUT2D eigenvalue weighted by Gasteiger charge is 2.18. The summed E-state index contributed by atoms with van der Waals surface area (Å²) in [5.41, 5.74) is 5.85. The highest BCUT2D eigenvalue weighted by atomic mass is 32.1. The molecule has 0 fully saturated rings. The lowest BCUT2D eigenvalue weighted by Gasteiger charge is -2.01. The van der Waals surface area contributed by atoms with E-state index in [2.05, 4.69) is 15.3 Å². The Morgan fingerprint density at radius 2 is 2.33 bits per heavy atom. The topological polar surface area (TPSA) is 121 Å². The predicted octanol–water partition coefficient (Wildman–Crippen LogP) is -0.403. The average molecular weight is 268 g/mol. The SMILES string of the molecule is Cc1c(C(=O)NCCO)sc2nc(=O)[nH]c(N)c12. The summed E-state index contributed by atoms with van der Waals surface area (Å²) >= 11 is 1.11. The number of nitrogens with one attached hydrogen (secondary N) is 2. The van der Waals surface area contributed by atoms with Gasteiger partial charge in [-0.15, -0.1) is 11.3 Å². The number of carbonyl (C=O) groups excluding carboxylic acids is 1. The van der Waals surface area contributed by atoms with Crippen molar-refractivity contribution in [2.24, 2.45) is 0 Å². The van der Waals surface area contributed by atoms with Crippen LogP contribution in [0.25, 0.3) is 10.2 Å². The van der Waals surface area contributed by atoms with E-state index in [0.29, 0.717) is 20.7 Å². The summed E-state index contributed by atoms with van der Waals surface area (Å²) in [5, 5.41) is 11.8. The number of aryl methyl sites for hydroxylation is 1. The molecule has 0 atom stereocenters. The first-order chi connectivity index (χ1) is 8.54. The fraction of sp³-hybridized carbons (Fsp3) is 0.300. The normalized spacial score (nSPS) is 10.8. The van der Waals surface area contributed by atoms with Crippen LogP contribution in [0.3, 0.4) is 0 Å². The number of amides is 1. The Balaban J connectivity index is 2.54. The van der Waals surface area contributed by atoms with E-state index in [1.165, 1.54) is 0 Å². The van der Waals surface area contributed by atoms with E-state index >= 15 is 0 Å². The summed E-state index contributed by atoms with van der Waals surface area (Å²) < 4.78 is 0. The third kappa shape index (κ3) is 2.07. The van der Waals surface area contributed by atoms with Crippen molar-refractivity contribution in [3.63, 3.8) is 0 Å². The fourth-order valence-corrected chi connectivity index (χ4v) is 2.77. The zero-order valence-electron chi connectivity index (χ0n) is 9.61. The minimum Gasteiger partial charge on any atom is -0.395 e. The Morgan fingerprint density at radius 1 is 1.61 bits per heavy atom. The van der Waals surface area contributed by atoms with E-state index in [9.17, 15) is 9.59 Å². The largest absolute Gasteiger partial charge is 0.395 e. The number of carbonyl (C=O) groups is 1. The van der Waals surface area contributed by atoms with Crippen molar-refractivity contribution >= 4 is 33.3 Å². The number of nitrogens with two attached hydrogens (primary N) is 1. The first-order valence-corrected chi connectivity index (χ1v) is 6.04. The summed E-state index contributed by atoms with van der Waals surface area (Å²) in [7, 11) is 0. The molecule has 8 heteroatoms. The van der Waals surface area contributed by atoms with Crippen LogP contribution >= 0.6 is 11.3 Å². The van der Waals surface area contributed by atoms with Crippen LogP contribution in [0.2, 0.25) is 0 Å². The lowest BCUT2D eigenvalue weighted by Crippen LogP contribution is -2.26. The molecular formula is C10H12N4O3S. The lowest BCUT2D eigenvalue weighted by atomic mass is 10.2. The van der Waals surface area contributed by atoms with Gasteiger partial charge in [0.15, 0.2) is 0 Å². The Morgan fingerprint density at radius 3 is 3.00 bits per heavy atom. The molecule has 0 radical (unpaired) electrons. The molecule has 0 aliphatic carbocycles. The third-order valence-corrected chi connectivity index (χ3v) is 3.63. The predicted molar refractivity (Wildman–Crippen MR) is 68.8 cm³/mol. The van der Waals surface area contributed by atoms with Crippen LogP contribution in [-0.2, 0) is 0 Å². The molecule has 0 saturated heterocycles. The highest BCUT2D eigenvalue weighted by molar-refractivity contribution is 7.20. The van der Waals surface area contributed by atoms with Crippen LogP contribution in [0, 0.1) is 6.92 Å². The van der Waals surface area contributed by atoms with Crippen LogP contribution in [0.1, 0.15) is 15.2 Å². The Labute approximate surface area is 106 Å². The number of aromatic amines is 1. The Kier molecular flexibility index (Phi) is 3.30. The second kappa shape index (κ2) is 4.75. The van der Waals surface area contributed by atoms with Gasteiger partial charge in [0.25, 0.3) is 5.91 Å². The molecule has 7 nitrogen and oxygen atoms in total. The fourth-order valence-electron chi connectivity index (χ4n) is 1.66. The number of thiophene rings is 1. The van der Waals surface area contributed by atoms with Gasteiger partial charge in [0.05, 0.1) is 16.9 Å². The Hall–Kier alpha value is -1.93. The molecule has 0 bridgehead atoms. The number of fused-ring (bicyclic) bond motifs is 1. The number of aromatic nitrogens is 2. The molecule has 2 rings (SSSR count). The summed E-state index contributed by atoms with van der Waals surface area (Å²) in [6, 6.07) is 0. The quantitative estimate of drug-likeness (QED) is 0.603. The first-order valence-electron chi connectivity index (χ1n) is 5.22. The van der Waals surface area contributed by atoms with Crippen molar-refractivity contribution in [3.8, 4) is 0 Å². The molecule has 18 heavy (non-hydrogen) atoms. The van der Waals surface area contributed by atoms with Gasteiger partial charge in [-0.05, 0) is 12.5 Å². The number of aliphatic hydroxyl groups is 1. The second-order valence-electron chi connectivity index (χ2n) is 3.67. The third-order valence-electron chi connectivity index (χ3n) is 2.45. The van der Waals surface area contributed by atoms with Gasteiger partial charge < -0.3 is 16.2 Å². The van der Waals surface area contributed by atoms with E-state index in [0.717, 1.165) is 11.3 Å². The van der Waals surface area contributed by atoms with Gasteiger partial charge in [0.1, 0.15) is 10.6 Å². The van der Waals surface area contributed by atoms with Gasteiger partial charge in [0, 0.05) is 6.54 Å². The van der Waals surface area contributed by atoms with Crippen LogP contribution in [0.5, 0.6) is 0 Å². The van der Waals surface area contributed by atoms with Gasteiger partial charge in [-0.1, -0.05) is 0 Å². The smallest absolute Gasteiger partial charge is 0.347 e. The average Bonchev–Trinajstić information content (AvgIpc) is 2.63. The molecule has 0 unspecified atom stereocenters. The van der Waals surface area contributed by atoms with Crippen LogP contribution in [0.15, 0.2) is 4.79 Å². The van der Waals surface area contributed by atoms with Gasteiger partial charge in [-0.25, -0.2) is 4.79 Å². The van der Waals surface area contributed by atoms with E-state index in [1.54, 1.807) is 6.92 Å². The van der Waals surface area contributed by atoms with Crippen LogP contribution in [-0.4, -0.2) is 34.1 Å². The molecular weight excluding hydrogens is 256 g/mol. The van der Waals surface area contributed by atoms with Gasteiger partial charge in [-0.3, -0.25) is 9.78 Å². The standard InChI is InChI=1S/C10H12N4O3S/c1-4-5-7(11)13-10(17)14-9(5)18-6(4)8(16)12-2-3-15/h15H,2-3H2,1H3,(H,12,16)(H3,11,13,14,17). The molecule has 2 aromatic rings. The Bertz CT molecular complexity index is 661. The maximum Gasteiger partial charge on any atom is 0.347 e. The number of hydrogen-bond acceptors (Lipinski definition) is 6. The van der Waals surface area contributed by atoms with Crippen molar-refractivity contribution in [3.05, 3.63) is 20.9 Å². The molecule has 0 spiro atoms. The number of anilines is 1. The molecule has 0 aliphatic heterocycles. The number of H-pyrrole nitrogens is 1. The molecule has 1 amide bonds. The molecule has 96 valence electrons. The summed E-state index contributed by atoms with van der Waals surface area (Å²) in [4.78, 5) is 30.1. The zero-order chi connectivity index (χ0) is 13.3. The first kappa shape index (κ1) is 12.5. The molecule has 2 heterocycles. The van der Waals surface area contributed by atoms with Gasteiger partial charge in [0.2, 0.25) is 0 Å². The number of nitrogen functional groups attached to an aromatic ring is 1. The van der Waals surface area contributed by atoms with E-state index < -0.39 is 5.69 Å². The molecule has 0 aromatic carbocycles.